The van der Waals surface area contributed by atoms with Crippen LogP contribution < -0.4 is 10.4 Å². The lowest BCUT2D eigenvalue weighted by Gasteiger charge is -2.43. The highest BCUT2D eigenvalue weighted by Gasteiger charge is 2.58. The van der Waals surface area contributed by atoms with E-state index >= 15 is 0 Å². The molecule has 0 spiro atoms. The molecule has 2 aliphatic rings. The van der Waals surface area contributed by atoms with E-state index in [9.17, 15) is 10.4 Å². The van der Waals surface area contributed by atoms with Gasteiger partial charge in [-0.05, 0) is 29.3 Å². The van der Waals surface area contributed by atoms with Gasteiger partial charge in [0.1, 0.15) is 30.5 Å². The minimum absolute atomic E-state index is 0.115. The Kier molecular flexibility index (Phi) is 6.73. The zero-order valence-corrected chi connectivity index (χ0v) is 21.4. The van der Waals surface area contributed by atoms with Crippen molar-refractivity contribution in [3.8, 4) is 6.07 Å². The lowest BCUT2D eigenvalue weighted by molar-refractivity contribution is -0.185. The first-order valence-corrected chi connectivity index (χ1v) is 13.5. The van der Waals surface area contributed by atoms with E-state index in [0.29, 0.717) is 0 Å². The zero-order valence-electron chi connectivity index (χ0n) is 20.4. The number of ether oxygens (including phenoxy) is 3. The third-order valence-electron chi connectivity index (χ3n) is 6.61. The van der Waals surface area contributed by atoms with Crippen LogP contribution in [0, 0.1) is 11.3 Å². The molecular formula is C27H33NO5Si. The minimum Gasteiger partial charge on any atom is -0.514 e. The molecule has 34 heavy (non-hydrogen) atoms. The number of fused-ring (bicyclic) bond motifs is 1. The molecule has 2 aliphatic heterocycles. The molecule has 6 nitrogen and oxygen atoms in total. The second-order valence-corrected chi connectivity index (χ2v) is 14.6. The van der Waals surface area contributed by atoms with Crippen LogP contribution in [0.5, 0.6) is 0 Å². The number of nitriles is 1. The van der Waals surface area contributed by atoms with Gasteiger partial charge >= 0.3 is 0 Å². The molecular weight excluding hydrogens is 446 g/mol. The Morgan fingerprint density at radius 1 is 1.03 bits per heavy atom. The van der Waals surface area contributed by atoms with Crippen molar-refractivity contribution < 1.29 is 23.7 Å². The minimum atomic E-state index is -2.77. The Labute approximate surface area is 202 Å². The summed E-state index contributed by atoms with van der Waals surface area (Å²) in [4.78, 5) is 0. The SMILES string of the molecule is CC1(C)OC2[C@@H](O1)[C@@H](CO[Si](c1ccccc1)(c1ccccc1)C(C)(C)C)O[C@H]2/C(C#N)=C/O. The van der Waals surface area contributed by atoms with Gasteiger partial charge in [-0.25, -0.2) is 0 Å². The summed E-state index contributed by atoms with van der Waals surface area (Å²) >= 11 is 0. The smallest absolute Gasteiger partial charge is 0.261 e. The number of hydrogen-bond donors (Lipinski definition) is 1. The highest BCUT2D eigenvalue weighted by atomic mass is 28.4. The van der Waals surface area contributed by atoms with Crippen LogP contribution in [0.3, 0.4) is 0 Å². The molecule has 7 heteroatoms. The first-order valence-electron chi connectivity index (χ1n) is 11.6. The predicted molar refractivity (Wildman–Crippen MR) is 132 cm³/mol. The Morgan fingerprint density at radius 2 is 1.56 bits per heavy atom. The molecule has 0 aromatic heterocycles. The summed E-state index contributed by atoms with van der Waals surface area (Å²) in [6.45, 7) is 10.6. The topological polar surface area (TPSA) is 80.9 Å². The summed E-state index contributed by atoms with van der Waals surface area (Å²) < 4.78 is 25.5. The number of aliphatic hydroxyl groups is 1. The Bertz CT molecular complexity index is 1020. The molecule has 4 rings (SSSR count). The van der Waals surface area contributed by atoms with Gasteiger partial charge in [0.2, 0.25) is 0 Å². The number of aliphatic hydroxyl groups excluding tert-OH is 1. The predicted octanol–water partition coefficient (Wildman–Crippen LogP) is 3.82. The Morgan fingerprint density at radius 3 is 2.03 bits per heavy atom. The molecule has 0 amide bonds. The molecule has 0 radical (unpaired) electrons. The van der Waals surface area contributed by atoms with E-state index in [4.69, 9.17) is 18.6 Å². The van der Waals surface area contributed by atoms with E-state index in [-0.39, 0.29) is 17.2 Å². The van der Waals surface area contributed by atoms with Crippen molar-refractivity contribution in [2.75, 3.05) is 6.61 Å². The van der Waals surface area contributed by atoms with Gasteiger partial charge in [0.15, 0.2) is 5.79 Å². The van der Waals surface area contributed by atoms with Gasteiger partial charge in [0, 0.05) is 0 Å². The van der Waals surface area contributed by atoms with Crippen LogP contribution in [0.4, 0.5) is 0 Å². The van der Waals surface area contributed by atoms with Gasteiger partial charge in [0.05, 0.1) is 18.4 Å². The van der Waals surface area contributed by atoms with Crippen molar-refractivity contribution in [1.82, 2.24) is 0 Å². The molecule has 1 N–H and O–H groups in total. The largest absolute Gasteiger partial charge is 0.514 e. The quantitative estimate of drug-likeness (QED) is 0.385. The van der Waals surface area contributed by atoms with Crippen molar-refractivity contribution in [3.63, 3.8) is 0 Å². The summed E-state index contributed by atoms with van der Waals surface area (Å²) in [5.41, 5.74) is 0.115. The van der Waals surface area contributed by atoms with Crippen LogP contribution in [0.2, 0.25) is 5.04 Å². The van der Waals surface area contributed by atoms with Crippen LogP contribution in [0.1, 0.15) is 34.6 Å². The maximum absolute atomic E-state index is 9.60. The van der Waals surface area contributed by atoms with Crippen molar-refractivity contribution in [1.29, 1.82) is 5.26 Å². The van der Waals surface area contributed by atoms with Crippen LogP contribution in [0.25, 0.3) is 0 Å². The van der Waals surface area contributed by atoms with E-state index in [0.717, 1.165) is 6.26 Å². The van der Waals surface area contributed by atoms with Gasteiger partial charge in [-0.3, -0.25) is 0 Å². The average molecular weight is 480 g/mol. The number of benzene rings is 2. The van der Waals surface area contributed by atoms with Crippen LogP contribution in [0.15, 0.2) is 72.5 Å². The summed E-state index contributed by atoms with van der Waals surface area (Å²) in [6.07, 6.45) is -1.29. The molecule has 0 aliphatic carbocycles. The molecule has 2 saturated heterocycles. The molecule has 1 unspecified atom stereocenters. The third-order valence-corrected chi connectivity index (χ3v) is 11.6. The van der Waals surface area contributed by atoms with E-state index in [2.05, 4.69) is 69.3 Å². The summed E-state index contributed by atoms with van der Waals surface area (Å²) in [7, 11) is -2.77. The molecule has 2 aromatic carbocycles. The molecule has 0 saturated carbocycles. The number of rotatable bonds is 6. The molecule has 0 bridgehead atoms. The van der Waals surface area contributed by atoms with Crippen molar-refractivity contribution >= 4 is 18.7 Å². The monoisotopic (exact) mass is 479 g/mol. The average Bonchev–Trinajstić information content (AvgIpc) is 3.29. The number of hydrogen-bond acceptors (Lipinski definition) is 6. The molecule has 2 heterocycles. The normalized spacial score (nSPS) is 26.8. The highest BCUT2D eigenvalue weighted by molar-refractivity contribution is 6.99. The third kappa shape index (κ3) is 4.33. The van der Waals surface area contributed by atoms with Gasteiger partial charge in [-0.1, -0.05) is 81.4 Å². The maximum atomic E-state index is 9.60. The fraction of sp³-hybridized carbons (Fsp3) is 0.444. The van der Waals surface area contributed by atoms with Gasteiger partial charge in [-0.15, -0.1) is 0 Å². The van der Waals surface area contributed by atoms with Crippen LogP contribution in [-0.2, 0) is 18.6 Å². The first-order chi connectivity index (χ1) is 16.1. The summed E-state index contributed by atoms with van der Waals surface area (Å²) in [6, 6.07) is 22.8. The fourth-order valence-corrected chi connectivity index (χ4v) is 9.77. The highest BCUT2D eigenvalue weighted by Crippen LogP contribution is 2.42. The molecule has 2 fully saturated rings. The van der Waals surface area contributed by atoms with E-state index in [1.54, 1.807) is 0 Å². The lowest BCUT2D eigenvalue weighted by Crippen LogP contribution is -2.67. The molecule has 180 valence electrons. The van der Waals surface area contributed by atoms with Gasteiger partial charge in [-0.2, -0.15) is 5.26 Å². The summed E-state index contributed by atoms with van der Waals surface area (Å²) in [5.74, 6) is -0.816. The number of nitrogens with zero attached hydrogens (tertiary/aromatic N) is 1. The van der Waals surface area contributed by atoms with Gasteiger partial charge < -0.3 is 23.7 Å². The standard InChI is InChI=1S/C27H33NO5Si/c1-26(2,3)34(20-12-8-6-9-13-20,21-14-10-7-11-15-21)30-18-22-24-25(33-27(4,5)32-24)23(31-22)19(16-28)17-29/h6-15,17,22-25,29H,18H2,1-5H3/b19-17+/t22-,23+,24+,25?/m1/s1. The second kappa shape index (κ2) is 9.29. The zero-order chi connectivity index (χ0) is 24.6. The van der Waals surface area contributed by atoms with Crippen molar-refractivity contribution in [3.05, 3.63) is 72.5 Å². The lowest BCUT2D eigenvalue weighted by atomic mass is 10.0. The summed E-state index contributed by atoms with van der Waals surface area (Å²) in [5, 5.41) is 21.3. The molecule has 2 aromatic rings. The van der Waals surface area contributed by atoms with Crippen LogP contribution >= 0.6 is 0 Å². The fourth-order valence-electron chi connectivity index (χ4n) is 5.20. The van der Waals surface area contributed by atoms with E-state index in [1.807, 2.05) is 32.0 Å². The Balaban J connectivity index is 1.72. The van der Waals surface area contributed by atoms with E-state index in [1.165, 1.54) is 10.4 Å². The van der Waals surface area contributed by atoms with Crippen molar-refractivity contribution in [2.45, 2.75) is 69.9 Å². The van der Waals surface area contributed by atoms with Crippen LogP contribution in [-0.4, -0.2) is 50.2 Å². The first kappa shape index (κ1) is 24.6. The van der Waals surface area contributed by atoms with Gasteiger partial charge in [0.25, 0.3) is 8.32 Å². The Hall–Kier alpha value is -2.47. The van der Waals surface area contributed by atoms with E-state index < -0.39 is 38.5 Å². The second-order valence-electron chi connectivity index (χ2n) is 10.3. The van der Waals surface area contributed by atoms with Crippen molar-refractivity contribution in [2.24, 2.45) is 0 Å². The maximum Gasteiger partial charge on any atom is 0.261 e. The molecule has 4 atom stereocenters.